The number of esters is 1. The third-order valence-electron chi connectivity index (χ3n) is 6.62. The molecule has 2 heterocycles. The Morgan fingerprint density at radius 3 is 2.39 bits per heavy atom. The molecular weight excluding hydrogens is 366 g/mol. The number of methoxy groups -OCH3 is 1. The van der Waals surface area contributed by atoms with E-state index in [1.54, 1.807) is 4.90 Å². The SMILES string of the molecule is COC(=O)C(O)C12CC(N3C[C@@H]4CN(C(=O)OC(C)(C)C)CCN4C3=O)(C1)C2. The van der Waals surface area contributed by atoms with Crippen LogP contribution in [-0.4, -0.2) is 94.5 Å². The van der Waals surface area contributed by atoms with Crippen LogP contribution in [0.15, 0.2) is 0 Å². The minimum atomic E-state index is -1.12. The molecule has 2 bridgehead atoms. The molecule has 1 N–H and O–H groups in total. The van der Waals surface area contributed by atoms with Crippen molar-refractivity contribution >= 4 is 18.1 Å². The van der Waals surface area contributed by atoms with E-state index in [1.165, 1.54) is 7.11 Å². The zero-order chi connectivity index (χ0) is 20.5. The first kappa shape index (κ1) is 19.3. The van der Waals surface area contributed by atoms with Crippen LogP contribution in [0.5, 0.6) is 0 Å². The number of amides is 3. The van der Waals surface area contributed by atoms with Gasteiger partial charge >= 0.3 is 18.1 Å². The molecule has 2 saturated heterocycles. The third-order valence-corrected chi connectivity index (χ3v) is 6.62. The average Bonchev–Trinajstić information content (AvgIpc) is 2.86. The Labute approximate surface area is 164 Å². The van der Waals surface area contributed by atoms with Gasteiger partial charge in [-0.1, -0.05) is 0 Å². The van der Waals surface area contributed by atoms with Crippen molar-refractivity contribution in [1.82, 2.24) is 14.7 Å². The molecule has 0 spiro atoms. The molecule has 2 aliphatic heterocycles. The number of carbonyl (C=O) groups is 3. The molecule has 5 fully saturated rings. The summed E-state index contributed by atoms with van der Waals surface area (Å²) in [7, 11) is 1.27. The molecule has 0 radical (unpaired) electrons. The first-order chi connectivity index (χ1) is 13.0. The third kappa shape index (κ3) is 2.74. The number of aliphatic hydroxyl groups excluding tert-OH is 1. The Morgan fingerprint density at radius 1 is 1.18 bits per heavy atom. The molecule has 0 aromatic rings. The van der Waals surface area contributed by atoms with E-state index in [-0.39, 0.29) is 23.7 Å². The lowest BCUT2D eigenvalue weighted by Gasteiger charge is -2.73. The van der Waals surface area contributed by atoms with Crippen LogP contribution in [0, 0.1) is 5.41 Å². The second-order valence-corrected chi connectivity index (χ2v) is 9.71. The zero-order valence-corrected chi connectivity index (χ0v) is 16.9. The van der Waals surface area contributed by atoms with E-state index in [2.05, 4.69) is 4.74 Å². The van der Waals surface area contributed by atoms with Crippen molar-refractivity contribution in [3.05, 3.63) is 0 Å². The maximum atomic E-state index is 12.9. The second kappa shape index (κ2) is 5.98. The van der Waals surface area contributed by atoms with E-state index in [0.29, 0.717) is 45.4 Å². The van der Waals surface area contributed by atoms with Crippen LogP contribution in [-0.2, 0) is 14.3 Å². The highest BCUT2D eigenvalue weighted by atomic mass is 16.6. The number of carbonyl (C=O) groups excluding carboxylic acids is 3. The summed E-state index contributed by atoms with van der Waals surface area (Å²) < 4.78 is 10.1. The van der Waals surface area contributed by atoms with E-state index >= 15 is 0 Å². The highest BCUT2D eigenvalue weighted by Crippen LogP contribution is 2.72. The van der Waals surface area contributed by atoms with Crippen LogP contribution in [0.2, 0.25) is 0 Å². The molecular formula is C19H29N3O6. The zero-order valence-electron chi connectivity index (χ0n) is 16.9. The van der Waals surface area contributed by atoms with Crippen molar-refractivity contribution in [2.24, 2.45) is 5.41 Å². The molecule has 28 heavy (non-hydrogen) atoms. The van der Waals surface area contributed by atoms with E-state index in [0.717, 1.165) is 0 Å². The fourth-order valence-electron chi connectivity index (χ4n) is 5.34. The molecule has 1 unspecified atom stereocenters. The number of hydrogen-bond acceptors (Lipinski definition) is 6. The first-order valence-electron chi connectivity index (χ1n) is 9.82. The van der Waals surface area contributed by atoms with Gasteiger partial charge in [-0.2, -0.15) is 0 Å². The normalized spacial score (nSPS) is 35.0. The molecule has 9 heteroatoms. The van der Waals surface area contributed by atoms with E-state index < -0.39 is 23.1 Å². The highest BCUT2D eigenvalue weighted by Gasteiger charge is 2.76. The summed E-state index contributed by atoms with van der Waals surface area (Å²) in [5.74, 6) is -0.605. The number of ether oxygens (including phenoxy) is 2. The number of hydrogen-bond donors (Lipinski definition) is 1. The van der Waals surface area contributed by atoms with Gasteiger partial charge in [0, 0.05) is 37.1 Å². The molecule has 0 aromatic heterocycles. The van der Waals surface area contributed by atoms with Gasteiger partial charge in [-0.15, -0.1) is 0 Å². The van der Waals surface area contributed by atoms with Gasteiger partial charge in [0.25, 0.3) is 0 Å². The standard InChI is InChI=1S/C19H29N3O6/c1-17(2,3)28-16(26)20-5-6-21-12(7-20)8-22(15(21)25)19-9-18(10-19,11-19)13(23)14(24)27-4/h12-13,23H,5-11H2,1-4H3/t12-,13?,18?,19?/m0/s1. The molecule has 156 valence electrons. The molecule has 5 aliphatic rings. The second-order valence-electron chi connectivity index (χ2n) is 9.71. The van der Waals surface area contributed by atoms with Gasteiger partial charge in [0.15, 0.2) is 6.10 Å². The van der Waals surface area contributed by atoms with Crippen molar-refractivity contribution in [2.45, 2.75) is 63.3 Å². The Kier molecular flexibility index (Phi) is 4.12. The Morgan fingerprint density at radius 2 is 1.82 bits per heavy atom. The smallest absolute Gasteiger partial charge is 0.410 e. The fraction of sp³-hybridized carbons (Fsp3) is 0.842. The Balaban J connectivity index is 1.38. The van der Waals surface area contributed by atoms with Gasteiger partial charge in [-0.05, 0) is 40.0 Å². The van der Waals surface area contributed by atoms with Crippen molar-refractivity contribution in [3.8, 4) is 0 Å². The molecule has 3 saturated carbocycles. The quantitative estimate of drug-likeness (QED) is 0.710. The van der Waals surface area contributed by atoms with Crippen molar-refractivity contribution in [3.63, 3.8) is 0 Å². The van der Waals surface area contributed by atoms with Gasteiger partial charge in [0.2, 0.25) is 0 Å². The van der Waals surface area contributed by atoms with E-state index in [4.69, 9.17) is 4.74 Å². The largest absolute Gasteiger partial charge is 0.467 e. The van der Waals surface area contributed by atoms with Gasteiger partial charge < -0.3 is 29.3 Å². The first-order valence-corrected chi connectivity index (χ1v) is 9.82. The minimum Gasteiger partial charge on any atom is -0.467 e. The molecule has 3 amide bonds. The molecule has 9 nitrogen and oxygen atoms in total. The van der Waals surface area contributed by atoms with Crippen molar-refractivity contribution in [1.29, 1.82) is 0 Å². The number of urea groups is 1. The van der Waals surface area contributed by atoms with Crippen LogP contribution in [0.4, 0.5) is 9.59 Å². The summed E-state index contributed by atoms with van der Waals surface area (Å²) in [5, 5.41) is 10.2. The summed E-state index contributed by atoms with van der Waals surface area (Å²) >= 11 is 0. The van der Waals surface area contributed by atoms with Crippen LogP contribution in [0.3, 0.4) is 0 Å². The average molecular weight is 395 g/mol. The van der Waals surface area contributed by atoms with Crippen LogP contribution < -0.4 is 0 Å². The van der Waals surface area contributed by atoms with E-state index in [9.17, 15) is 19.5 Å². The van der Waals surface area contributed by atoms with Crippen LogP contribution in [0.1, 0.15) is 40.0 Å². The number of piperazine rings is 1. The maximum Gasteiger partial charge on any atom is 0.410 e. The Bertz CT molecular complexity index is 697. The van der Waals surface area contributed by atoms with Gasteiger partial charge in [-0.25, -0.2) is 14.4 Å². The topological polar surface area (TPSA) is 99.6 Å². The lowest BCUT2D eigenvalue weighted by molar-refractivity contribution is -0.250. The minimum absolute atomic E-state index is 0.00491. The fourth-order valence-corrected chi connectivity index (χ4v) is 5.34. The predicted molar refractivity (Wildman–Crippen MR) is 97.4 cm³/mol. The number of fused-ring (bicyclic) bond motifs is 1. The molecule has 2 atom stereocenters. The number of aliphatic hydroxyl groups is 1. The molecule has 5 rings (SSSR count). The monoisotopic (exact) mass is 395 g/mol. The summed E-state index contributed by atoms with van der Waals surface area (Å²) in [6.07, 6.45) is 0.403. The lowest BCUT2D eigenvalue weighted by atomic mass is 9.37. The van der Waals surface area contributed by atoms with Crippen LogP contribution >= 0.6 is 0 Å². The summed E-state index contributed by atoms with van der Waals surface area (Å²) in [5.41, 5.74) is -1.26. The molecule has 0 aromatic carbocycles. The maximum absolute atomic E-state index is 12.9. The van der Waals surface area contributed by atoms with Crippen LogP contribution in [0.25, 0.3) is 0 Å². The van der Waals surface area contributed by atoms with Gasteiger partial charge in [-0.3, -0.25) is 0 Å². The highest BCUT2D eigenvalue weighted by molar-refractivity contribution is 5.81. The molecule has 3 aliphatic carbocycles. The van der Waals surface area contributed by atoms with Gasteiger partial charge in [0.1, 0.15) is 5.60 Å². The summed E-state index contributed by atoms with van der Waals surface area (Å²) in [6, 6.07) is -0.0565. The summed E-state index contributed by atoms with van der Waals surface area (Å²) in [6.45, 7) is 7.48. The van der Waals surface area contributed by atoms with Crippen molar-refractivity contribution in [2.75, 3.05) is 33.3 Å². The predicted octanol–water partition coefficient (Wildman–Crippen LogP) is 0.800. The van der Waals surface area contributed by atoms with E-state index in [1.807, 2.05) is 30.6 Å². The number of nitrogens with zero attached hydrogens (tertiary/aromatic N) is 3. The van der Waals surface area contributed by atoms with Crippen molar-refractivity contribution < 1.29 is 29.0 Å². The Hall–Kier alpha value is -2.03. The van der Waals surface area contributed by atoms with Gasteiger partial charge in [0.05, 0.1) is 13.2 Å². The summed E-state index contributed by atoms with van der Waals surface area (Å²) in [4.78, 5) is 42.4. The lowest BCUT2D eigenvalue weighted by Crippen LogP contribution is -2.79. The number of rotatable bonds is 3.